The summed E-state index contributed by atoms with van der Waals surface area (Å²) in [7, 11) is 0. The van der Waals surface area contributed by atoms with Crippen molar-refractivity contribution in [2.75, 3.05) is 13.1 Å². The highest BCUT2D eigenvalue weighted by Crippen LogP contribution is 2.28. The smallest absolute Gasteiger partial charge is 0.303 e. The van der Waals surface area contributed by atoms with Crippen LogP contribution in [0, 0.1) is 5.92 Å². The highest BCUT2D eigenvalue weighted by Gasteiger charge is 2.31. The van der Waals surface area contributed by atoms with Gasteiger partial charge in [0.05, 0.1) is 6.10 Å². The fraction of sp³-hybridized carbons (Fsp3) is 0.929. The summed E-state index contributed by atoms with van der Waals surface area (Å²) in [6, 6.07) is 0.268. The number of hydrogen-bond acceptors (Lipinski definition) is 3. The molecule has 1 aliphatic carbocycles. The van der Waals surface area contributed by atoms with Crippen molar-refractivity contribution in [1.29, 1.82) is 0 Å². The van der Waals surface area contributed by atoms with Gasteiger partial charge in [0.2, 0.25) is 0 Å². The molecule has 3 unspecified atom stereocenters. The van der Waals surface area contributed by atoms with Gasteiger partial charge in [0.15, 0.2) is 0 Å². The Hall–Kier alpha value is -0.610. The second-order valence-electron chi connectivity index (χ2n) is 5.87. The summed E-state index contributed by atoms with van der Waals surface area (Å²) in [6.07, 6.45) is 7.68. The number of nitrogens with zero attached hydrogens (tertiary/aromatic N) is 1. The topological polar surface area (TPSA) is 60.8 Å². The fourth-order valence-electron chi connectivity index (χ4n) is 3.51. The molecule has 0 aromatic heterocycles. The maximum absolute atomic E-state index is 10.8. The molecule has 4 nitrogen and oxygen atoms in total. The number of aliphatic hydroxyl groups is 1. The summed E-state index contributed by atoms with van der Waals surface area (Å²) in [5.74, 6) is -0.421. The molecular weight excluding hydrogens is 230 g/mol. The molecule has 2 aliphatic rings. The van der Waals surface area contributed by atoms with Gasteiger partial charge in [-0.25, -0.2) is 0 Å². The van der Waals surface area contributed by atoms with Crippen molar-refractivity contribution in [2.45, 2.75) is 63.5 Å². The van der Waals surface area contributed by atoms with Gasteiger partial charge < -0.3 is 10.2 Å². The Balaban J connectivity index is 1.92. The molecule has 2 N–H and O–H groups in total. The molecule has 1 saturated carbocycles. The van der Waals surface area contributed by atoms with E-state index in [0.29, 0.717) is 0 Å². The van der Waals surface area contributed by atoms with Crippen molar-refractivity contribution in [3.05, 3.63) is 0 Å². The van der Waals surface area contributed by atoms with E-state index in [-0.39, 0.29) is 24.5 Å². The van der Waals surface area contributed by atoms with Gasteiger partial charge in [-0.2, -0.15) is 0 Å². The molecule has 1 saturated heterocycles. The number of hydrogen-bond donors (Lipinski definition) is 2. The van der Waals surface area contributed by atoms with Crippen LogP contribution in [0.5, 0.6) is 0 Å². The van der Waals surface area contributed by atoms with Gasteiger partial charge in [0, 0.05) is 19.0 Å². The molecule has 3 atom stereocenters. The lowest BCUT2D eigenvalue weighted by Crippen LogP contribution is -2.48. The number of carboxylic acid groups (broad SMARTS) is 1. The SMILES string of the molecule is O=C(O)CC1CCCN(C2CCCCCC2O)C1. The monoisotopic (exact) mass is 255 g/mol. The van der Waals surface area contributed by atoms with E-state index < -0.39 is 5.97 Å². The Morgan fingerprint density at radius 2 is 1.89 bits per heavy atom. The van der Waals surface area contributed by atoms with E-state index in [1.807, 2.05) is 0 Å². The van der Waals surface area contributed by atoms with Gasteiger partial charge in [-0.15, -0.1) is 0 Å². The van der Waals surface area contributed by atoms with Crippen LogP contribution in [0.1, 0.15) is 51.4 Å². The minimum Gasteiger partial charge on any atom is -0.481 e. The molecule has 1 aliphatic heterocycles. The number of carboxylic acids is 1. The summed E-state index contributed by atoms with van der Waals surface area (Å²) in [5.41, 5.74) is 0. The summed E-state index contributed by atoms with van der Waals surface area (Å²) in [6.45, 7) is 1.88. The Labute approximate surface area is 109 Å². The molecule has 2 fully saturated rings. The van der Waals surface area contributed by atoms with Gasteiger partial charge in [-0.3, -0.25) is 9.69 Å². The Bertz CT molecular complexity index is 282. The van der Waals surface area contributed by atoms with Crippen LogP contribution in [0.3, 0.4) is 0 Å². The van der Waals surface area contributed by atoms with Gasteiger partial charge in [-0.05, 0) is 38.1 Å². The fourth-order valence-corrected chi connectivity index (χ4v) is 3.51. The Morgan fingerprint density at radius 3 is 2.67 bits per heavy atom. The molecular formula is C14H25NO3. The lowest BCUT2D eigenvalue weighted by molar-refractivity contribution is -0.138. The number of aliphatic carboxylic acids is 1. The van der Waals surface area contributed by atoms with E-state index in [1.165, 1.54) is 12.8 Å². The van der Waals surface area contributed by atoms with Crippen LogP contribution in [-0.4, -0.2) is 46.3 Å². The molecule has 104 valence electrons. The molecule has 0 amide bonds. The third-order valence-corrected chi connectivity index (χ3v) is 4.43. The van der Waals surface area contributed by atoms with Gasteiger partial charge in [0.25, 0.3) is 0 Å². The van der Waals surface area contributed by atoms with Crippen LogP contribution in [0.2, 0.25) is 0 Å². The van der Waals surface area contributed by atoms with Crippen molar-refractivity contribution in [3.63, 3.8) is 0 Å². The highest BCUT2D eigenvalue weighted by atomic mass is 16.4. The molecule has 18 heavy (non-hydrogen) atoms. The van der Waals surface area contributed by atoms with Crippen LogP contribution < -0.4 is 0 Å². The predicted octanol–water partition coefficient (Wildman–Crippen LogP) is 1.87. The van der Waals surface area contributed by atoms with E-state index in [1.54, 1.807) is 0 Å². The summed E-state index contributed by atoms with van der Waals surface area (Å²) in [4.78, 5) is 13.2. The lowest BCUT2D eigenvalue weighted by atomic mass is 9.92. The van der Waals surface area contributed by atoms with Gasteiger partial charge in [-0.1, -0.05) is 19.3 Å². The van der Waals surface area contributed by atoms with Crippen LogP contribution in [0.25, 0.3) is 0 Å². The minimum atomic E-state index is -0.691. The van der Waals surface area contributed by atoms with Crippen LogP contribution in [0.4, 0.5) is 0 Å². The van der Waals surface area contributed by atoms with E-state index in [0.717, 1.165) is 45.2 Å². The van der Waals surface area contributed by atoms with E-state index in [2.05, 4.69) is 4.90 Å². The second kappa shape index (κ2) is 6.53. The standard InChI is InChI=1S/C14H25NO3/c16-13-7-3-1-2-6-12(13)15-8-4-5-11(10-15)9-14(17)18/h11-13,16H,1-10H2,(H,17,18). The number of carbonyl (C=O) groups is 1. The van der Waals surface area contributed by atoms with Crippen molar-refractivity contribution >= 4 is 5.97 Å². The summed E-state index contributed by atoms with van der Waals surface area (Å²) >= 11 is 0. The molecule has 2 rings (SSSR count). The van der Waals surface area contributed by atoms with Crippen LogP contribution >= 0.6 is 0 Å². The predicted molar refractivity (Wildman–Crippen MR) is 69.4 cm³/mol. The maximum atomic E-state index is 10.8. The van der Waals surface area contributed by atoms with Gasteiger partial charge in [0.1, 0.15) is 0 Å². The third-order valence-electron chi connectivity index (χ3n) is 4.43. The minimum absolute atomic E-state index is 0.212. The average molecular weight is 255 g/mol. The molecule has 1 heterocycles. The number of likely N-dealkylation sites (tertiary alicyclic amines) is 1. The number of piperidine rings is 1. The molecule has 0 aromatic carbocycles. The quantitative estimate of drug-likeness (QED) is 0.756. The first kappa shape index (κ1) is 13.8. The molecule has 0 radical (unpaired) electrons. The summed E-state index contributed by atoms with van der Waals surface area (Å²) in [5, 5.41) is 19.1. The van der Waals surface area contributed by atoms with E-state index in [4.69, 9.17) is 5.11 Å². The molecule has 0 bridgehead atoms. The van der Waals surface area contributed by atoms with Crippen molar-refractivity contribution in [2.24, 2.45) is 5.92 Å². The van der Waals surface area contributed by atoms with Crippen molar-refractivity contribution < 1.29 is 15.0 Å². The first-order chi connectivity index (χ1) is 8.66. The third kappa shape index (κ3) is 3.69. The van der Waals surface area contributed by atoms with Crippen molar-refractivity contribution in [1.82, 2.24) is 4.90 Å². The zero-order valence-electron chi connectivity index (χ0n) is 11.1. The van der Waals surface area contributed by atoms with Crippen molar-refractivity contribution in [3.8, 4) is 0 Å². The lowest BCUT2D eigenvalue weighted by Gasteiger charge is -2.39. The van der Waals surface area contributed by atoms with E-state index >= 15 is 0 Å². The molecule has 0 spiro atoms. The van der Waals surface area contributed by atoms with Gasteiger partial charge >= 0.3 is 5.97 Å². The normalized spacial score (nSPS) is 35.1. The second-order valence-corrected chi connectivity index (χ2v) is 5.87. The molecule has 4 heteroatoms. The highest BCUT2D eigenvalue weighted by molar-refractivity contribution is 5.67. The summed E-state index contributed by atoms with van der Waals surface area (Å²) < 4.78 is 0. The van der Waals surface area contributed by atoms with Crippen LogP contribution in [0.15, 0.2) is 0 Å². The van der Waals surface area contributed by atoms with Crippen LogP contribution in [-0.2, 0) is 4.79 Å². The average Bonchev–Trinajstić information content (AvgIpc) is 2.53. The maximum Gasteiger partial charge on any atom is 0.303 e. The Kier molecular flexibility index (Phi) is 5.01. The number of aliphatic hydroxyl groups excluding tert-OH is 1. The molecule has 0 aromatic rings. The largest absolute Gasteiger partial charge is 0.481 e. The zero-order chi connectivity index (χ0) is 13.0. The zero-order valence-corrected chi connectivity index (χ0v) is 11.1. The number of rotatable bonds is 3. The Morgan fingerprint density at radius 1 is 1.11 bits per heavy atom. The first-order valence-electron chi connectivity index (χ1n) is 7.30. The first-order valence-corrected chi connectivity index (χ1v) is 7.30. The van der Waals surface area contributed by atoms with E-state index in [9.17, 15) is 9.90 Å².